The van der Waals surface area contributed by atoms with Crippen LogP contribution in [-0.2, 0) is 13.2 Å². The molecule has 0 unspecified atom stereocenters. The number of aromatic nitrogens is 3. The molecule has 4 aromatic rings. The molecule has 0 aliphatic heterocycles. The lowest BCUT2D eigenvalue weighted by atomic mass is 10.2. The highest BCUT2D eigenvalue weighted by atomic mass is 16.5. The van der Waals surface area contributed by atoms with E-state index in [0.717, 1.165) is 22.4 Å². The number of rotatable bonds is 9. The average Bonchev–Trinajstić information content (AvgIpc) is 3.14. The topological polar surface area (TPSA) is 78.3 Å². The maximum Gasteiger partial charge on any atom is 0.251 e. The van der Waals surface area contributed by atoms with Gasteiger partial charge in [-0.3, -0.25) is 9.78 Å². The minimum atomic E-state index is -0.159. The largest absolute Gasteiger partial charge is 0.490 e. The van der Waals surface area contributed by atoms with Crippen molar-refractivity contribution >= 4 is 16.9 Å². The van der Waals surface area contributed by atoms with Crippen molar-refractivity contribution in [3.05, 3.63) is 83.9 Å². The molecule has 1 N–H and O–H groups in total. The number of carbonyl (C=O) groups is 1. The second kappa shape index (κ2) is 9.96. The normalized spacial score (nSPS) is 10.8. The summed E-state index contributed by atoms with van der Waals surface area (Å²) >= 11 is 0. The van der Waals surface area contributed by atoms with Gasteiger partial charge in [0.25, 0.3) is 5.91 Å². The Morgan fingerprint density at radius 2 is 1.84 bits per heavy atom. The van der Waals surface area contributed by atoms with Crippen molar-refractivity contribution in [1.29, 1.82) is 0 Å². The summed E-state index contributed by atoms with van der Waals surface area (Å²) in [5.41, 5.74) is 3.55. The van der Waals surface area contributed by atoms with Gasteiger partial charge in [0.1, 0.15) is 12.4 Å². The van der Waals surface area contributed by atoms with Crippen molar-refractivity contribution < 1.29 is 14.3 Å². The molecular formula is C25H26N4O3. The van der Waals surface area contributed by atoms with Crippen LogP contribution < -0.4 is 14.8 Å². The number of amides is 1. The van der Waals surface area contributed by atoms with Gasteiger partial charge in [0.05, 0.1) is 17.6 Å². The maximum absolute atomic E-state index is 12.7. The van der Waals surface area contributed by atoms with Gasteiger partial charge in [-0.05, 0) is 61.9 Å². The molecule has 2 aromatic heterocycles. The van der Waals surface area contributed by atoms with E-state index in [0.29, 0.717) is 43.4 Å². The quantitative estimate of drug-likeness (QED) is 0.432. The first kappa shape index (κ1) is 21.4. The van der Waals surface area contributed by atoms with Crippen molar-refractivity contribution in [1.82, 2.24) is 19.9 Å². The highest BCUT2D eigenvalue weighted by Crippen LogP contribution is 2.29. The molecule has 0 aliphatic rings. The van der Waals surface area contributed by atoms with Crippen LogP contribution in [0.4, 0.5) is 0 Å². The molecule has 0 bridgehead atoms. The van der Waals surface area contributed by atoms with Crippen LogP contribution in [0.5, 0.6) is 11.5 Å². The van der Waals surface area contributed by atoms with E-state index in [4.69, 9.17) is 9.47 Å². The Labute approximate surface area is 187 Å². The van der Waals surface area contributed by atoms with Crippen LogP contribution >= 0.6 is 0 Å². The molecule has 0 atom stereocenters. The summed E-state index contributed by atoms with van der Waals surface area (Å²) in [4.78, 5) is 21.3. The highest BCUT2D eigenvalue weighted by molar-refractivity contribution is 5.94. The summed E-state index contributed by atoms with van der Waals surface area (Å²) in [6.07, 6.45) is 3.45. The number of hydrogen-bond acceptors (Lipinski definition) is 5. The van der Waals surface area contributed by atoms with Gasteiger partial charge in [-0.25, -0.2) is 4.98 Å². The van der Waals surface area contributed by atoms with Crippen LogP contribution in [0.1, 0.15) is 28.7 Å². The molecule has 164 valence electrons. The second-order valence-electron chi connectivity index (χ2n) is 7.29. The number of ether oxygens (including phenoxy) is 2. The Morgan fingerprint density at radius 1 is 1.03 bits per heavy atom. The lowest BCUT2D eigenvalue weighted by Crippen LogP contribution is -2.27. The average molecular weight is 431 g/mol. The lowest BCUT2D eigenvalue weighted by Gasteiger charge is -2.14. The Bertz CT molecular complexity index is 1200. The number of nitrogens with one attached hydrogen (secondary N) is 1. The fourth-order valence-electron chi connectivity index (χ4n) is 3.54. The second-order valence-corrected chi connectivity index (χ2v) is 7.29. The maximum atomic E-state index is 12.7. The van der Waals surface area contributed by atoms with E-state index < -0.39 is 0 Å². The first-order valence-electron chi connectivity index (χ1n) is 10.6. The van der Waals surface area contributed by atoms with Crippen molar-refractivity contribution in [3.8, 4) is 11.5 Å². The monoisotopic (exact) mass is 430 g/mol. The third kappa shape index (κ3) is 4.88. The van der Waals surface area contributed by atoms with E-state index >= 15 is 0 Å². The fraction of sp³-hybridized carbons (Fsp3) is 0.240. The van der Waals surface area contributed by atoms with Gasteiger partial charge in [-0.2, -0.15) is 0 Å². The summed E-state index contributed by atoms with van der Waals surface area (Å²) in [5.74, 6) is 1.91. The van der Waals surface area contributed by atoms with E-state index in [1.807, 2.05) is 50.2 Å². The molecule has 0 saturated heterocycles. The van der Waals surface area contributed by atoms with Crippen LogP contribution in [0, 0.1) is 6.92 Å². The Morgan fingerprint density at radius 3 is 2.66 bits per heavy atom. The van der Waals surface area contributed by atoms with E-state index in [2.05, 4.69) is 19.9 Å². The summed E-state index contributed by atoms with van der Waals surface area (Å²) in [5, 5.41) is 2.98. The molecule has 32 heavy (non-hydrogen) atoms. The summed E-state index contributed by atoms with van der Waals surface area (Å²) in [6, 6.07) is 17.0. The van der Waals surface area contributed by atoms with E-state index in [1.54, 1.807) is 30.6 Å². The SMILES string of the molecule is CCOc1cc(C(=O)NCCn2c(C)nc3ccccc32)ccc1OCc1ccncc1. The van der Waals surface area contributed by atoms with Gasteiger partial charge in [0.15, 0.2) is 11.5 Å². The van der Waals surface area contributed by atoms with Crippen LogP contribution in [0.3, 0.4) is 0 Å². The minimum Gasteiger partial charge on any atom is -0.490 e. The fourth-order valence-corrected chi connectivity index (χ4v) is 3.54. The van der Waals surface area contributed by atoms with E-state index in [1.165, 1.54) is 0 Å². The van der Waals surface area contributed by atoms with Crippen molar-refractivity contribution in [2.24, 2.45) is 0 Å². The molecule has 0 spiro atoms. The summed E-state index contributed by atoms with van der Waals surface area (Å²) in [7, 11) is 0. The van der Waals surface area contributed by atoms with Crippen LogP contribution in [0.25, 0.3) is 11.0 Å². The molecule has 0 fully saturated rings. The predicted molar refractivity (Wildman–Crippen MR) is 123 cm³/mol. The standard InChI is InChI=1S/C25H26N4O3/c1-3-31-24-16-20(8-9-23(24)32-17-19-10-12-26-13-11-19)25(30)27-14-15-29-18(2)28-21-6-4-5-7-22(21)29/h4-13,16H,3,14-15,17H2,1-2H3,(H,27,30). The van der Waals surface area contributed by atoms with Crippen LogP contribution in [0.2, 0.25) is 0 Å². The number of nitrogens with zero attached hydrogens (tertiary/aromatic N) is 3. The number of hydrogen-bond donors (Lipinski definition) is 1. The molecule has 2 aromatic carbocycles. The minimum absolute atomic E-state index is 0.159. The first-order chi connectivity index (χ1) is 15.7. The van der Waals surface area contributed by atoms with E-state index in [9.17, 15) is 4.79 Å². The molecule has 7 heteroatoms. The molecular weight excluding hydrogens is 404 g/mol. The van der Waals surface area contributed by atoms with Crippen molar-refractivity contribution in [3.63, 3.8) is 0 Å². The number of aryl methyl sites for hydroxylation is 1. The Balaban J connectivity index is 1.40. The smallest absolute Gasteiger partial charge is 0.251 e. The van der Waals surface area contributed by atoms with Crippen LogP contribution in [-0.4, -0.2) is 33.6 Å². The predicted octanol–water partition coefficient (Wildman–Crippen LogP) is 4.15. The molecule has 4 rings (SSSR count). The zero-order valence-electron chi connectivity index (χ0n) is 18.2. The van der Waals surface area contributed by atoms with Gasteiger partial charge in [0, 0.05) is 31.0 Å². The molecule has 0 saturated carbocycles. The van der Waals surface area contributed by atoms with E-state index in [-0.39, 0.29) is 5.91 Å². The number of para-hydroxylation sites is 2. The zero-order valence-corrected chi connectivity index (χ0v) is 18.2. The van der Waals surface area contributed by atoms with Crippen molar-refractivity contribution in [2.75, 3.05) is 13.2 Å². The third-order valence-electron chi connectivity index (χ3n) is 5.12. The Hall–Kier alpha value is -3.87. The molecule has 7 nitrogen and oxygen atoms in total. The van der Waals surface area contributed by atoms with Crippen molar-refractivity contribution in [2.45, 2.75) is 27.0 Å². The highest BCUT2D eigenvalue weighted by Gasteiger charge is 2.13. The van der Waals surface area contributed by atoms with Crippen LogP contribution in [0.15, 0.2) is 67.0 Å². The summed E-state index contributed by atoms with van der Waals surface area (Å²) in [6.45, 7) is 5.88. The summed E-state index contributed by atoms with van der Waals surface area (Å²) < 4.78 is 13.7. The lowest BCUT2D eigenvalue weighted by molar-refractivity contribution is 0.0951. The number of benzene rings is 2. The number of pyridine rings is 1. The van der Waals surface area contributed by atoms with Gasteiger partial charge in [0.2, 0.25) is 0 Å². The third-order valence-corrected chi connectivity index (χ3v) is 5.12. The number of fused-ring (bicyclic) bond motifs is 1. The number of carbonyl (C=O) groups excluding carboxylic acids is 1. The van der Waals surface area contributed by atoms with Gasteiger partial charge < -0.3 is 19.4 Å². The first-order valence-corrected chi connectivity index (χ1v) is 10.6. The molecule has 0 aliphatic carbocycles. The van der Waals surface area contributed by atoms with Gasteiger partial charge in [-0.15, -0.1) is 0 Å². The molecule has 0 radical (unpaired) electrons. The zero-order chi connectivity index (χ0) is 22.3. The Kier molecular flexibility index (Phi) is 6.65. The number of imidazole rings is 1. The van der Waals surface area contributed by atoms with Gasteiger partial charge in [-0.1, -0.05) is 12.1 Å². The molecule has 2 heterocycles. The van der Waals surface area contributed by atoms with Gasteiger partial charge >= 0.3 is 0 Å². The molecule has 1 amide bonds.